The normalized spacial score (nSPS) is 10.2. The molecule has 2 heterocycles. The summed E-state index contributed by atoms with van der Waals surface area (Å²) in [7, 11) is 1.76. The number of hydrogen-bond acceptors (Lipinski definition) is 3. The molecule has 2 aromatic rings. The second-order valence-electron chi connectivity index (χ2n) is 2.70. The third-order valence-corrected chi connectivity index (χ3v) is 1.74. The minimum atomic E-state index is 0.539. The molecule has 0 atom stereocenters. The van der Waals surface area contributed by atoms with E-state index >= 15 is 0 Å². The average Bonchev–Trinajstić information content (AvgIpc) is 2.71. The van der Waals surface area contributed by atoms with Gasteiger partial charge in [-0.25, -0.2) is 0 Å². The molecule has 0 saturated carbocycles. The predicted octanol–water partition coefficient (Wildman–Crippen LogP) is 1.49. The van der Waals surface area contributed by atoms with Crippen molar-refractivity contribution in [2.75, 3.05) is 0 Å². The first-order valence-corrected chi connectivity index (χ1v) is 3.84. The third-order valence-electron chi connectivity index (χ3n) is 1.74. The molecule has 0 aromatic carbocycles. The van der Waals surface area contributed by atoms with Crippen LogP contribution in [0.1, 0.15) is 10.4 Å². The lowest BCUT2D eigenvalue weighted by molar-refractivity contribution is 0.112. The van der Waals surface area contributed by atoms with Gasteiger partial charge in [-0.3, -0.25) is 9.48 Å². The lowest BCUT2D eigenvalue weighted by Gasteiger charge is -1.89. The number of aryl methyl sites for hydroxylation is 1. The predicted molar refractivity (Wildman–Crippen MR) is 46.3 cm³/mol. The highest BCUT2D eigenvalue weighted by Gasteiger charge is 2.10. The van der Waals surface area contributed by atoms with E-state index < -0.39 is 0 Å². The Morgan fingerprint density at radius 3 is 3.08 bits per heavy atom. The monoisotopic (exact) mass is 176 g/mol. The fourth-order valence-corrected chi connectivity index (χ4v) is 1.20. The van der Waals surface area contributed by atoms with Crippen LogP contribution in [0.15, 0.2) is 29.0 Å². The van der Waals surface area contributed by atoms with Gasteiger partial charge in [0, 0.05) is 13.2 Å². The van der Waals surface area contributed by atoms with Crippen molar-refractivity contribution in [3.8, 4) is 11.5 Å². The highest BCUT2D eigenvalue weighted by molar-refractivity contribution is 5.83. The highest BCUT2D eigenvalue weighted by Crippen LogP contribution is 2.20. The van der Waals surface area contributed by atoms with Crippen LogP contribution in [0.2, 0.25) is 0 Å². The lowest BCUT2D eigenvalue weighted by Crippen LogP contribution is -1.86. The minimum absolute atomic E-state index is 0.539. The molecule has 13 heavy (non-hydrogen) atoms. The van der Waals surface area contributed by atoms with Crippen molar-refractivity contribution in [3.63, 3.8) is 0 Å². The minimum Gasteiger partial charge on any atom is -0.463 e. The van der Waals surface area contributed by atoms with Crippen LogP contribution >= 0.6 is 0 Å². The first kappa shape index (κ1) is 7.79. The summed E-state index contributed by atoms with van der Waals surface area (Å²) in [5, 5.41) is 4.12. The molecule has 2 aromatic heterocycles. The molecular weight excluding hydrogens is 168 g/mol. The molecule has 0 saturated heterocycles. The fraction of sp³-hybridized carbons (Fsp3) is 0.111. The van der Waals surface area contributed by atoms with Gasteiger partial charge in [-0.2, -0.15) is 5.10 Å². The second-order valence-corrected chi connectivity index (χ2v) is 2.70. The van der Waals surface area contributed by atoms with Gasteiger partial charge in [-0.05, 0) is 12.1 Å². The summed E-state index contributed by atoms with van der Waals surface area (Å²) in [6.07, 6.45) is 3.98. The standard InChI is InChI=1S/C9H8N2O2/c1-11-5-7(6-12)9(10-11)8-3-2-4-13-8/h2-6H,1H3. The Bertz CT molecular complexity index is 415. The molecule has 0 aliphatic carbocycles. The quantitative estimate of drug-likeness (QED) is 0.651. The van der Waals surface area contributed by atoms with Crippen LogP contribution in [0.25, 0.3) is 11.5 Å². The summed E-state index contributed by atoms with van der Waals surface area (Å²) in [5.74, 6) is 0.614. The van der Waals surface area contributed by atoms with Gasteiger partial charge in [0.05, 0.1) is 11.8 Å². The van der Waals surface area contributed by atoms with Crippen LogP contribution in [0.3, 0.4) is 0 Å². The zero-order chi connectivity index (χ0) is 9.26. The molecule has 0 amide bonds. The van der Waals surface area contributed by atoms with Crippen molar-refractivity contribution in [2.45, 2.75) is 0 Å². The molecule has 0 radical (unpaired) electrons. The number of carbonyl (C=O) groups is 1. The highest BCUT2D eigenvalue weighted by atomic mass is 16.3. The zero-order valence-electron chi connectivity index (χ0n) is 7.10. The maximum absolute atomic E-state index is 10.6. The number of aldehydes is 1. The molecule has 0 spiro atoms. The van der Waals surface area contributed by atoms with Crippen LogP contribution in [-0.2, 0) is 7.05 Å². The molecule has 0 aliphatic heterocycles. The van der Waals surface area contributed by atoms with E-state index in [1.165, 1.54) is 0 Å². The van der Waals surface area contributed by atoms with Crippen LogP contribution in [-0.4, -0.2) is 16.1 Å². The topological polar surface area (TPSA) is 48.0 Å². The molecule has 0 N–H and O–H groups in total. The molecule has 0 unspecified atom stereocenters. The van der Waals surface area contributed by atoms with E-state index in [9.17, 15) is 4.79 Å². The molecule has 0 aliphatic rings. The maximum atomic E-state index is 10.6. The van der Waals surface area contributed by atoms with Gasteiger partial charge in [-0.15, -0.1) is 0 Å². The van der Waals surface area contributed by atoms with Gasteiger partial charge in [0.1, 0.15) is 5.69 Å². The van der Waals surface area contributed by atoms with Gasteiger partial charge in [0.2, 0.25) is 0 Å². The van der Waals surface area contributed by atoms with Gasteiger partial charge in [-0.1, -0.05) is 0 Å². The number of furan rings is 1. The van der Waals surface area contributed by atoms with Crippen molar-refractivity contribution in [2.24, 2.45) is 7.05 Å². The van der Waals surface area contributed by atoms with Gasteiger partial charge in [0.25, 0.3) is 0 Å². The van der Waals surface area contributed by atoms with Crippen LogP contribution in [0, 0.1) is 0 Å². The van der Waals surface area contributed by atoms with E-state index in [-0.39, 0.29) is 0 Å². The summed E-state index contributed by atoms with van der Waals surface area (Å²) < 4.78 is 6.73. The Labute approximate surface area is 74.8 Å². The first-order valence-electron chi connectivity index (χ1n) is 3.84. The fourth-order valence-electron chi connectivity index (χ4n) is 1.20. The number of rotatable bonds is 2. The largest absolute Gasteiger partial charge is 0.463 e. The van der Waals surface area contributed by atoms with Crippen molar-refractivity contribution in [1.82, 2.24) is 9.78 Å². The van der Waals surface area contributed by atoms with E-state index in [0.717, 1.165) is 6.29 Å². The molecular formula is C9H8N2O2. The molecule has 66 valence electrons. The second kappa shape index (κ2) is 2.90. The van der Waals surface area contributed by atoms with Crippen molar-refractivity contribution in [1.29, 1.82) is 0 Å². The van der Waals surface area contributed by atoms with Crippen LogP contribution < -0.4 is 0 Å². The molecule has 0 fully saturated rings. The molecule has 4 heteroatoms. The van der Waals surface area contributed by atoms with E-state index in [1.54, 1.807) is 36.3 Å². The Balaban J connectivity index is 2.56. The van der Waals surface area contributed by atoms with E-state index in [2.05, 4.69) is 5.10 Å². The molecule has 0 bridgehead atoms. The number of nitrogens with zero attached hydrogens (tertiary/aromatic N) is 2. The first-order chi connectivity index (χ1) is 6.31. The molecule has 2 rings (SSSR count). The van der Waals surface area contributed by atoms with Crippen molar-refractivity contribution >= 4 is 6.29 Å². The summed E-state index contributed by atoms with van der Waals surface area (Å²) in [4.78, 5) is 10.6. The zero-order valence-corrected chi connectivity index (χ0v) is 7.10. The summed E-state index contributed by atoms with van der Waals surface area (Å²) in [6, 6.07) is 3.54. The Morgan fingerprint density at radius 2 is 2.46 bits per heavy atom. The van der Waals surface area contributed by atoms with Gasteiger partial charge in [0.15, 0.2) is 12.0 Å². The summed E-state index contributed by atoms with van der Waals surface area (Å²) >= 11 is 0. The smallest absolute Gasteiger partial charge is 0.154 e. The average molecular weight is 176 g/mol. The third kappa shape index (κ3) is 1.26. The Kier molecular flexibility index (Phi) is 1.73. The van der Waals surface area contributed by atoms with Crippen molar-refractivity contribution < 1.29 is 9.21 Å². The SMILES string of the molecule is Cn1cc(C=O)c(-c2ccco2)n1. The van der Waals surface area contributed by atoms with E-state index in [0.29, 0.717) is 17.0 Å². The van der Waals surface area contributed by atoms with E-state index in [1.807, 2.05) is 0 Å². The number of hydrogen-bond donors (Lipinski definition) is 0. The number of aromatic nitrogens is 2. The van der Waals surface area contributed by atoms with Gasteiger partial charge < -0.3 is 4.42 Å². The molecule has 4 nitrogen and oxygen atoms in total. The lowest BCUT2D eigenvalue weighted by atomic mass is 10.2. The van der Waals surface area contributed by atoms with Crippen molar-refractivity contribution in [3.05, 3.63) is 30.2 Å². The Hall–Kier alpha value is -1.84. The summed E-state index contributed by atoms with van der Waals surface area (Å²) in [5.41, 5.74) is 1.12. The summed E-state index contributed by atoms with van der Waals surface area (Å²) in [6.45, 7) is 0. The van der Waals surface area contributed by atoms with Crippen LogP contribution in [0.4, 0.5) is 0 Å². The maximum Gasteiger partial charge on any atom is 0.154 e. The van der Waals surface area contributed by atoms with Gasteiger partial charge >= 0.3 is 0 Å². The van der Waals surface area contributed by atoms with Crippen LogP contribution in [0.5, 0.6) is 0 Å². The Morgan fingerprint density at radius 1 is 1.62 bits per heavy atom. The number of carbonyl (C=O) groups excluding carboxylic acids is 1. The van der Waals surface area contributed by atoms with E-state index in [4.69, 9.17) is 4.42 Å².